The third kappa shape index (κ3) is 3.34. The summed E-state index contributed by atoms with van der Waals surface area (Å²) in [6, 6.07) is 21.1. The maximum absolute atomic E-state index is 13.7. The lowest BCUT2D eigenvalue weighted by molar-refractivity contribution is 0.475. The van der Waals surface area contributed by atoms with Crippen LogP contribution in [0.3, 0.4) is 0 Å². The Labute approximate surface area is 192 Å². The highest BCUT2D eigenvalue weighted by molar-refractivity contribution is 7.07. The van der Waals surface area contributed by atoms with Gasteiger partial charge in [-0.2, -0.15) is 0 Å². The minimum atomic E-state index is -0.327. The number of aryl methyl sites for hydroxylation is 1. The number of nitrogens with zero attached hydrogens (tertiary/aromatic N) is 2. The van der Waals surface area contributed by atoms with Crippen LogP contribution in [-0.4, -0.2) is 9.67 Å². The Kier molecular flexibility index (Phi) is 4.62. The Hall–Kier alpha value is -3.77. The lowest BCUT2D eigenvalue weighted by Gasteiger charge is -2.30. The smallest absolute Gasteiger partial charge is 0.271 e. The fourth-order valence-electron chi connectivity index (χ4n) is 4.69. The molecule has 0 radical (unpaired) electrons. The molecule has 6 rings (SSSR count). The van der Waals surface area contributed by atoms with E-state index >= 15 is 0 Å². The summed E-state index contributed by atoms with van der Waals surface area (Å²) in [5, 5.41) is 9.56. The summed E-state index contributed by atoms with van der Waals surface area (Å²) in [6.07, 6.45) is 3.49. The van der Waals surface area contributed by atoms with Crippen LogP contribution in [0.25, 0.3) is 11.8 Å². The Morgan fingerprint density at radius 3 is 2.55 bits per heavy atom. The number of thiazole rings is 1. The van der Waals surface area contributed by atoms with Gasteiger partial charge in [-0.3, -0.25) is 9.36 Å². The normalized spacial score (nSPS) is 17.2. The first-order valence-corrected chi connectivity index (χ1v) is 11.6. The molecule has 1 atom stereocenters. The monoisotopic (exact) mass is 454 g/mol. The average molecular weight is 455 g/mol. The first-order chi connectivity index (χ1) is 16.1. The van der Waals surface area contributed by atoms with Gasteiger partial charge in [-0.15, -0.1) is 0 Å². The van der Waals surface area contributed by atoms with Gasteiger partial charge in [0.2, 0.25) is 0 Å². The van der Waals surface area contributed by atoms with Crippen LogP contribution in [0.2, 0.25) is 0 Å². The standard InChI is InChI=1S/C27H19FN2O2S/c28-19-10-7-18(8-11-19)25-22-14-9-17-3-1-2-4-21(17)24(22)29-27-30(25)26(32)23(33-27)15-16-5-12-20(31)13-6-16/h1-8,10-13,15,25,31H,9,14H2. The lowest BCUT2D eigenvalue weighted by Crippen LogP contribution is -2.38. The van der Waals surface area contributed by atoms with Crippen molar-refractivity contribution in [3.63, 3.8) is 0 Å². The number of fused-ring (bicyclic) bond motifs is 3. The summed E-state index contributed by atoms with van der Waals surface area (Å²) in [5.74, 6) is -0.127. The van der Waals surface area contributed by atoms with Gasteiger partial charge >= 0.3 is 0 Å². The van der Waals surface area contributed by atoms with Crippen molar-refractivity contribution < 1.29 is 9.50 Å². The molecule has 1 N–H and O–H groups in total. The van der Waals surface area contributed by atoms with E-state index in [1.807, 2.05) is 18.2 Å². The Morgan fingerprint density at radius 1 is 1.00 bits per heavy atom. The first kappa shape index (κ1) is 19.9. The predicted molar refractivity (Wildman–Crippen MR) is 127 cm³/mol. The number of hydrogen-bond donors (Lipinski definition) is 1. The van der Waals surface area contributed by atoms with Gasteiger partial charge in [0.05, 0.1) is 16.3 Å². The highest BCUT2D eigenvalue weighted by atomic mass is 32.1. The van der Waals surface area contributed by atoms with Crippen LogP contribution >= 0.6 is 11.3 Å². The minimum absolute atomic E-state index is 0.119. The van der Waals surface area contributed by atoms with E-state index in [9.17, 15) is 14.3 Å². The van der Waals surface area contributed by atoms with Gasteiger partial charge in [-0.1, -0.05) is 59.9 Å². The average Bonchev–Trinajstić information content (AvgIpc) is 3.14. The van der Waals surface area contributed by atoms with Crippen molar-refractivity contribution in [2.24, 2.45) is 4.99 Å². The third-order valence-electron chi connectivity index (χ3n) is 6.25. The number of allylic oxidation sites excluding steroid dienone is 1. The van der Waals surface area contributed by atoms with E-state index in [-0.39, 0.29) is 23.2 Å². The topological polar surface area (TPSA) is 54.6 Å². The molecule has 0 saturated heterocycles. The van der Waals surface area contributed by atoms with E-state index in [1.54, 1.807) is 41.0 Å². The number of phenolic OH excluding ortho intramolecular Hbond substituents is 1. The first-order valence-electron chi connectivity index (χ1n) is 10.8. The van der Waals surface area contributed by atoms with Gasteiger partial charge in [0.1, 0.15) is 11.6 Å². The molecule has 2 aliphatic rings. The Bertz CT molecular complexity index is 1600. The molecule has 0 fully saturated rings. The summed E-state index contributed by atoms with van der Waals surface area (Å²) in [5.41, 5.74) is 5.93. The van der Waals surface area contributed by atoms with Crippen molar-refractivity contribution >= 4 is 23.1 Å². The maximum atomic E-state index is 13.7. The second kappa shape index (κ2) is 7.67. The van der Waals surface area contributed by atoms with Crippen LogP contribution < -0.4 is 14.9 Å². The van der Waals surface area contributed by atoms with Crippen molar-refractivity contribution in [2.75, 3.05) is 0 Å². The number of rotatable bonds is 2. The lowest BCUT2D eigenvalue weighted by atomic mass is 9.83. The van der Waals surface area contributed by atoms with Gasteiger partial charge < -0.3 is 5.11 Å². The van der Waals surface area contributed by atoms with Crippen molar-refractivity contribution in [1.29, 1.82) is 0 Å². The number of phenols is 1. The Morgan fingerprint density at radius 2 is 1.76 bits per heavy atom. The fourth-order valence-corrected chi connectivity index (χ4v) is 5.69. The predicted octanol–water partition coefficient (Wildman–Crippen LogP) is 4.16. The van der Waals surface area contributed by atoms with Crippen LogP contribution in [0.5, 0.6) is 5.75 Å². The third-order valence-corrected chi connectivity index (χ3v) is 7.23. The van der Waals surface area contributed by atoms with E-state index in [2.05, 4.69) is 12.1 Å². The highest BCUT2D eigenvalue weighted by Crippen LogP contribution is 2.41. The molecule has 1 aliphatic heterocycles. The van der Waals surface area contributed by atoms with E-state index in [0.29, 0.717) is 9.33 Å². The van der Waals surface area contributed by atoms with Crippen LogP contribution in [0, 0.1) is 5.82 Å². The van der Waals surface area contributed by atoms with E-state index < -0.39 is 0 Å². The van der Waals surface area contributed by atoms with E-state index in [0.717, 1.165) is 40.8 Å². The van der Waals surface area contributed by atoms with E-state index in [1.165, 1.54) is 29.0 Å². The molecule has 1 unspecified atom stereocenters. The van der Waals surface area contributed by atoms with Gasteiger partial charge in [0.25, 0.3) is 5.56 Å². The van der Waals surface area contributed by atoms with Crippen LogP contribution in [0.4, 0.5) is 4.39 Å². The Balaban J connectivity index is 1.62. The zero-order chi connectivity index (χ0) is 22.5. The number of hydrogen-bond acceptors (Lipinski definition) is 4. The zero-order valence-electron chi connectivity index (χ0n) is 17.5. The van der Waals surface area contributed by atoms with Gasteiger partial charge in [-0.05, 0) is 65.4 Å². The molecular weight excluding hydrogens is 435 g/mol. The molecular formula is C27H19FN2O2S. The number of benzene rings is 3. The number of halogens is 1. The summed E-state index contributed by atoms with van der Waals surface area (Å²) >= 11 is 1.35. The van der Waals surface area contributed by atoms with Crippen molar-refractivity contribution in [3.05, 3.63) is 126 Å². The van der Waals surface area contributed by atoms with Crippen LogP contribution in [-0.2, 0) is 6.42 Å². The zero-order valence-corrected chi connectivity index (χ0v) is 18.3. The van der Waals surface area contributed by atoms with E-state index in [4.69, 9.17) is 4.99 Å². The molecule has 6 heteroatoms. The number of aromatic nitrogens is 1. The molecule has 162 valence electrons. The molecule has 3 aromatic carbocycles. The second-order valence-corrected chi connectivity index (χ2v) is 9.27. The largest absolute Gasteiger partial charge is 0.508 e. The summed E-state index contributed by atoms with van der Waals surface area (Å²) in [6.45, 7) is 0. The molecule has 2 heterocycles. The van der Waals surface area contributed by atoms with Crippen molar-refractivity contribution in [3.8, 4) is 5.75 Å². The SMILES string of the molecule is O=c1c(=Cc2ccc(O)cc2)sc2n1C(c1ccc(F)cc1)C1=C(N=2)c2ccccc2CC1. The summed E-state index contributed by atoms with van der Waals surface area (Å²) in [4.78, 5) is 19.2. The molecule has 0 bridgehead atoms. The maximum Gasteiger partial charge on any atom is 0.271 e. The van der Waals surface area contributed by atoms with Crippen LogP contribution in [0.15, 0.2) is 88.2 Å². The van der Waals surface area contributed by atoms with Crippen molar-refractivity contribution in [1.82, 2.24) is 4.57 Å². The summed E-state index contributed by atoms with van der Waals surface area (Å²) in [7, 11) is 0. The van der Waals surface area contributed by atoms with Gasteiger partial charge in [-0.25, -0.2) is 9.38 Å². The fraction of sp³-hybridized carbons (Fsp3) is 0.111. The van der Waals surface area contributed by atoms with Crippen LogP contribution in [0.1, 0.15) is 34.7 Å². The summed E-state index contributed by atoms with van der Waals surface area (Å²) < 4.78 is 16.0. The molecule has 1 aromatic heterocycles. The molecule has 0 amide bonds. The highest BCUT2D eigenvalue weighted by Gasteiger charge is 2.32. The molecule has 4 nitrogen and oxygen atoms in total. The quantitative estimate of drug-likeness (QED) is 0.495. The van der Waals surface area contributed by atoms with Gasteiger partial charge in [0, 0.05) is 5.56 Å². The molecule has 33 heavy (non-hydrogen) atoms. The second-order valence-electron chi connectivity index (χ2n) is 8.26. The molecule has 0 saturated carbocycles. The molecule has 1 aliphatic carbocycles. The van der Waals surface area contributed by atoms with Gasteiger partial charge in [0.15, 0.2) is 4.80 Å². The minimum Gasteiger partial charge on any atom is -0.508 e. The molecule has 0 spiro atoms. The molecule has 4 aromatic rings. The number of aromatic hydroxyl groups is 1. The van der Waals surface area contributed by atoms with Crippen molar-refractivity contribution in [2.45, 2.75) is 18.9 Å².